The fraction of sp³-hybridized carbons (Fsp3) is 0.600. The topological polar surface area (TPSA) is 90.0 Å². The number of nitrogens with zero attached hydrogens (tertiary/aromatic N) is 1. The first-order valence-electron chi connectivity index (χ1n) is 10.0. The van der Waals surface area contributed by atoms with Crippen LogP contribution in [-0.4, -0.2) is 48.9 Å². The zero-order chi connectivity index (χ0) is 22.8. The van der Waals surface area contributed by atoms with Crippen molar-refractivity contribution in [2.75, 3.05) is 0 Å². The molecule has 1 heterocycles. The van der Waals surface area contributed by atoms with E-state index in [1.165, 1.54) is 4.90 Å². The fourth-order valence-corrected chi connectivity index (χ4v) is 4.88. The number of fused-ring (bicyclic) bond motifs is 1. The molecule has 1 aromatic carbocycles. The first kappa shape index (κ1) is 23.5. The smallest absolute Gasteiger partial charge is 0.459 e. The molecule has 3 rings (SSSR count). The van der Waals surface area contributed by atoms with Gasteiger partial charge in [0.05, 0.1) is 0 Å². The van der Waals surface area contributed by atoms with Crippen molar-refractivity contribution in [1.82, 2.24) is 4.90 Å². The summed E-state index contributed by atoms with van der Waals surface area (Å²) in [6.07, 6.45) is 1.47. The highest BCUT2D eigenvalue weighted by atomic mass is 32.2. The van der Waals surface area contributed by atoms with Crippen LogP contribution in [0, 0.1) is 5.92 Å². The average Bonchev–Trinajstić information content (AvgIpc) is 3.10. The zero-order valence-corrected chi connectivity index (χ0v) is 17.7. The van der Waals surface area contributed by atoms with Gasteiger partial charge in [-0.1, -0.05) is 43.2 Å². The maximum absolute atomic E-state index is 13.0. The van der Waals surface area contributed by atoms with E-state index in [1.807, 2.05) is 6.07 Å². The minimum atomic E-state index is -5.95. The summed E-state index contributed by atoms with van der Waals surface area (Å²) in [5.41, 5.74) is -4.90. The van der Waals surface area contributed by atoms with Crippen molar-refractivity contribution in [3.8, 4) is 0 Å². The number of likely N-dealkylation sites (tertiary alicyclic amines) is 1. The van der Waals surface area contributed by atoms with E-state index >= 15 is 0 Å². The van der Waals surface area contributed by atoms with E-state index in [4.69, 9.17) is 4.74 Å². The Bertz CT molecular complexity index is 905. The molecule has 11 heteroatoms. The van der Waals surface area contributed by atoms with Gasteiger partial charge in [0.2, 0.25) is 0 Å². The van der Waals surface area contributed by atoms with Crippen LogP contribution >= 0.6 is 0 Å². The molecule has 0 N–H and O–H groups in total. The standard InChI is InChI=1S/C20H24F3NO6S/c1-13(30-31(27,28)20(21,22)23)18(25)24-16-10-6-5-9-15(16)11-17(24)19(26)29-12-14-7-3-2-4-8-14/h2-4,7-8,13,15-17H,5-6,9-12H2,1H3/t13-,15+,16-,17+/m1/s1. The highest BCUT2D eigenvalue weighted by Gasteiger charge is 2.52. The summed E-state index contributed by atoms with van der Waals surface area (Å²) in [6, 6.07) is 7.54. The first-order chi connectivity index (χ1) is 14.5. The second-order valence-electron chi connectivity index (χ2n) is 7.84. The predicted molar refractivity (Wildman–Crippen MR) is 103 cm³/mol. The van der Waals surface area contributed by atoms with Crippen molar-refractivity contribution < 1.29 is 40.1 Å². The SMILES string of the molecule is C[C@@H](OS(=O)(=O)C(F)(F)F)C(=O)N1[C@@H]2CCCC[C@H]2C[C@H]1C(=O)OCc1ccccc1. The van der Waals surface area contributed by atoms with Crippen molar-refractivity contribution in [1.29, 1.82) is 0 Å². The minimum absolute atomic E-state index is 0.00148. The molecule has 7 nitrogen and oxygen atoms in total. The van der Waals surface area contributed by atoms with Crippen LogP contribution in [0.5, 0.6) is 0 Å². The monoisotopic (exact) mass is 463 g/mol. The lowest BCUT2D eigenvalue weighted by Crippen LogP contribution is -2.51. The maximum Gasteiger partial charge on any atom is 0.523 e. The molecule has 0 unspecified atom stereocenters. The lowest BCUT2D eigenvalue weighted by atomic mass is 9.84. The number of hydrogen-bond acceptors (Lipinski definition) is 6. The zero-order valence-electron chi connectivity index (χ0n) is 16.9. The molecule has 4 atom stereocenters. The molecule has 0 radical (unpaired) electrons. The molecule has 31 heavy (non-hydrogen) atoms. The fourth-order valence-electron chi connectivity index (χ4n) is 4.31. The van der Waals surface area contributed by atoms with Crippen LogP contribution in [0.4, 0.5) is 13.2 Å². The molecule has 0 aromatic heterocycles. The Morgan fingerprint density at radius 3 is 2.45 bits per heavy atom. The Hall–Kier alpha value is -2.14. The molecule has 172 valence electrons. The lowest BCUT2D eigenvalue weighted by molar-refractivity contribution is -0.158. The van der Waals surface area contributed by atoms with Crippen molar-refractivity contribution in [2.45, 2.75) is 69.3 Å². The van der Waals surface area contributed by atoms with E-state index < -0.39 is 39.6 Å². The normalized spacial score (nSPS) is 25.0. The summed E-state index contributed by atoms with van der Waals surface area (Å²) in [7, 11) is -5.95. The van der Waals surface area contributed by atoms with Crippen molar-refractivity contribution >= 4 is 22.0 Å². The quantitative estimate of drug-likeness (QED) is 0.366. The third-order valence-electron chi connectivity index (χ3n) is 5.74. The van der Waals surface area contributed by atoms with Gasteiger partial charge in [-0.05, 0) is 37.7 Å². The Kier molecular flexibility index (Phi) is 6.95. The van der Waals surface area contributed by atoms with Gasteiger partial charge in [-0.15, -0.1) is 0 Å². The largest absolute Gasteiger partial charge is 0.523 e. The molecular weight excluding hydrogens is 439 g/mol. The molecule has 1 aliphatic carbocycles. The van der Waals surface area contributed by atoms with Gasteiger partial charge in [-0.3, -0.25) is 8.98 Å². The number of ether oxygens (including phenoxy) is 1. The van der Waals surface area contributed by atoms with Gasteiger partial charge in [0.25, 0.3) is 5.91 Å². The van der Waals surface area contributed by atoms with Gasteiger partial charge >= 0.3 is 21.6 Å². The molecule has 2 fully saturated rings. The predicted octanol–water partition coefficient (Wildman–Crippen LogP) is 3.14. The van der Waals surface area contributed by atoms with E-state index in [0.29, 0.717) is 12.8 Å². The minimum Gasteiger partial charge on any atom is -0.459 e. The van der Waals surface area contributed by atoms with Gasteiger partial charge in [0, 0.05) is 6.04 Å². The summed E-state index contributed by atoms with van der Waals surface area (Å²) < 4.78 is 70.1. The number of halogens is 3. The van der Waals surface area contributed by atoms with E-state index in [9.17, 15) is 31.2 Å². The van der Waals surface area contributed by atoms with Gasteiger partial charge in [-0.25, -0.2) is 4.79 Å². The highest BCUT2D eigenvalue weighted by Crippen LogP contribution is 2.41. The maximum atomic E-state index is 13.0. The van der Waals surface area contributed by atoms with Crippen molar-refractivity contribution in [3.63, 3.8) is 0 Å². The Labute approximate surface area is 178 Å². The molecule has 1 aliphatic heterocycles. The van der Waals surface area contributed by atoms with Gasteiger partial charge in [0.15, 0.2) is 6.10 Å². The Balaban J connectivity index is 1.76. The molecular formula is C20H24F3NO6S. The molecule has 0 spiro atoms. The van der Waals surface area contributed by atoms with Crippen LogP contribution < -0.4 is 0 Å². The number of alkyl halides is 3. The van der Waals surface area contributed by atoms with E-state index in [0.717, 1.165) is 31.7 Å². The van der Waals surface area contributed by atoms with Crippen LogP contribution in [-0.2, 0) is 35.2 Å². The molecule has 0 bridgehead atoms. The number of rotatable bonds is 6. The molecule has 1 saturated carbocycles. The van der Waals surface area contributed by atoms with Gasteiger partial charge < -0.3 is 9.64 Å². The number of hydrogen-bond donors (Lipinski definition) is 0. The summed E-state index contributed by atoms with van der Waals surface area (Å²) in [6.45, 7) is 0.927. The van der Waals surface area contributed by atoms with Crippen LogP contribution in [0.3, 0.4) is 0 Å². The van der Waals surface area contributed by atoms with Crippen molar-refractivity contribution in [3.05, 3.63) is 35.9 Å². The summed E-state index contributed by atoms with van der Waals surface area (Å²) in [5.74, 6) is -1.64. The number of esters is 1. The lowest BCUT2D eigenvalue weighted by Gasteiger charge is -2.34. The Morgan fingerprint density at radius 1 is 1.16 bits per heavy atom. The average molecular weight is 463 g/mol. The summed E-state index contributed by atoms with van der Waals surface area (Å²) in [4.78, 5) is 26.9. The molecule has 1 saturated heterocycles. The second-order valence-corrected chi connectivity index (χ2v) is 9.40. The van der Waals surface area contributed by atoms with Crippen molar-refractivity contribution in [2.24, 2.45) is 5.92 Å². The summed E-state index contributed by atoms with van der Waals surface area (Å²) >= 11 is 0. The van der Waals surface area contributed by atoms with Crippen LogP contribution in [0.2, 0.25) is 0 Å². The first-order valence-corrected chi connectivity index (χ1v) is 11.4. The number of benzene rings is 1. The third-order valence-corrected chi connectivity index (χ3v) is 6.85. The van der Waals surface area contributed by atoms with Crippen LogP contribution in [0.15, 0.2) is 30.3 Å². The number of carbonyl (C=O) groups excluding carboxylic acids is 2. The summed E-state index contributed by atoms with van der Waals surface area (Å²) in [5, 5.41) is 0. The van der Waals surface area contributed by atoms with E-state index in [2.05, 4.69) is 4.18 Å². The highest BCUT2D eigenvalue weighted by molar-refractivity contribution is 7.87. The number of carbonyl (C=O) groups is 2. The van der Waals surface area contributed by atoms with Crippen LogP contribution in [0.25, 0.3) is 0 Å². The second kappa shape index (κ2) is 9.15. The van der Waals surface area contributed by atoms with E-state index in [1.54, 1.807) is 24.3 Å². The number of amides is 1. The van der Waals surface area contributed by atoms with Gasteiger partial charge in [-0.2, -0.15) is 21.6 Å². The third kappa shape index (κ3) is 5.20. The molecule has 1 amide bonds. The van der Waals surface area contributed by atoms with Gasteiger partial charge in [0.1, 0.15) is 12.6 Å². The van der Waals surface area contributed by atoms with E-state index in [-0.39, 0.29) is 18.6 Å². The molecule has 1 aromatic rings. The molecule has 2 aliphatic rings. The van der Waals surface area contributed by atoms with Crippen LogP contribution in [0.1, 0.15) is 44.6 Å². The Morgan fingerprint density at radius 2 is 1.81 bits per heavy atom.